The van der Waals surface area contributed by atoms with Gasteiger partial charge < -0.3 is 5.11 Å². The second kappa shape index (κ2) is 5.07. The molecule has 0 aliphatic rings. The van der Waals surface area contributed by atoms with Crippen LogP contribution in [-0.4, -0.2) is 13.5 Å². The molecular weight excluding hydrogens is 293 g/mol. The predicted octanol–water partition coefficient (Wildman–Crippen LogP) is 2.99. The largest absolute Gasteiger partial charge is 0.506 e. The van der Waals surface area contributed by atoms with Gasteiger partial charge in [0, 0.05) is 6.07 Å². The third-order valence-electron chi connectivity index (χ3n) is 2.33. The molecule has 0 aliphatic heterocycles. The fourth-order valence-corrected chi connectivity index (χ4v) is 2.66. The number of phenolic OH excluding ortho intramolecular Hbond substituents is 1. The van der Waals surface area contributed by atoms with Gasteiger partial charge in [-0.2, -0.15) is 0 Å². The van der Waals surface area contributed by atoms with Gasteiger partial charge >= 0.3 is 0 Å². The van der Waals surface area contributed by atoms with Crippen LogP contribution in [0.3, 0.4) is 0 Å². The summed E-state index contributed by atoms with van der Waals surface area (Å²) in [5, 5.41) is 9.04. The second-order valence-corrected chi connectivity index (χ2v) is 5.79. The van der Waals surface area contributed by atoms with E-state index in [1.165, 1.54) is 12.1 Å². The quantitative estimate of drug-likeness (QED) is 0.857. The summed E-state index contributed by atoms with van der Waals surface area (Å²) in [5.41, 5.74) is -0.327. The van der Waals surface area contributed by atoms with Crippen LogP contribution in [0.15, 0.2) is 47.4 Å². The average Bonchev–Trinajstić information content (AvgIpc) is 2.37. The van der Waals surface area contributed by atoms with E-state index >= 15 is 0 Å². The molecule has 100 valence electrons. The van der Waals surface area contributed by atoms with Crippen molar-refractivity contribution in [3.63, 3.8) is 0 Å². The molecule has 2 aromatic rings. The normalized spacial score (nSPS) is 11.3. The molecule has 0 amide bonds. The van der Waals surface area contributed by atoms with Gasteiger partial charge in [0.2, 0.25) is 0 Å². The lowest BCUT2D eigenvalue weighted by Crippen LogP contribution is -2.13. The Morgan fingerprint density at radius 1 is 1.16 bits per heavy atom. The molecular formula is C12H9ClFNO3S. The number of halogens is 2. The second-order valence-electron chi connectivity index (χ2n) is 3.70. The third kappa shape index (κ3) is 2.97. The van der Waals surface area contributed by atoms with Crippen LogP contribution in [0.5, 0.6) is 5.75 Å². The number of nitrogens with one attached hydrogen (secondary N) is 1. The van der Waals surface area contributed by atoms with Crippen molar-refractivity contribution in [1.29, 1.82) is 0 Å². The van der Waals surface area contributed by atoms with E-state index in [0.717, 1.165) is 12.1 Å². The summed E-state index contributed by atoms with van der Waals surface area (Å²) in [7, 11) is -3.90. The van der Waals surface area contributed by atoms with E-state index in [2.05, 4.69) is 4.72 Å². The van der Waals surface area contributed by atoms with Gasteiger partial charge in [0.05, 0.1) is 15.6 Å². The highest BCUT2D eigenvalue weighted by atomic mass is 35.5. The van der Waals surface area contributed by atoms with E-state index in [4.69, 9.17) is 11.6 Å². The first kappa shape index (κ1) is 13.6. The van der Waals surface area contributed by atoms with Gasteiger partial charge in [0.25, 0.3) is 10.0 Å². The van der Waals surface area contributed by atoms with Gasteiger partial charge in [-0.3, -0.25) is 4.72 Å². The van der Waals surface area contributed by atoms with Crippen molar-refractivity contribution in [2.45, 2.75) is 4.90 Å². The Morgan fingerprint density at radius 2 is 1.79 bits per heavy atom. The van der Waals surface area contributed by atoms with Gasteiger partial charge in [-0.25, -0.2) is 12.8 Å². The molecule has 4 nitrogen and oxygen atoms in total. The van der Waals surface area contributed by atoms with Crippen LogP contribution >= 0.6 is 11.6 Å². The summed E-state index contributed by atoms with van der Waals surface area (Å²) in [6, 6.07) is 9.27. The zero-order valence-corrected chi connectivity index (χ0v) is 11.0. The minimum Gasteiger partial charge on any atom is -0.506 e. The Labute approximate surface area is 114 Å². The van der Waals surface area contributed by atoms with Crippen molar-refractivity contribution in [1.82, 2.24) is 0 Å². The van der Waals surface area contributed by atoms with Crippen LogP contribution in [0.25, 0.3) is 0 Å². The Kier molecular flexibility index (Phi) is 3.64. The molecule has 0 heterocycles. The van der Waals surface area contributed by atoms with E-state index in [1.54, 1.807) is 18.2 Å². The summed E-state index contributed by atoms with van der Waals surface area (Å²) < 4.78 is 39.5. The molecule has 19 heavy (non-hydrogen) atoms. The van der Waals surface area contributed by atoms with E-state index in [9.17, 15) is 17.9 Å². The number of sulfonamides is 1. The Morgan fingerprint density at radius 3 is 2.42 bits per heavy atom. The Balaban J connectivity index is 2.39. The van der Waals surface area contributed by atoms with Crippen molar-refractivity contribution in [3.8, 4) is 5.75 Å². The number of rotatable bonds is 3. The van der Waals surface area contributed by atoms with E-state index in [1.807, 2.05) is 0 Å². The van der Waals surface area contributed by atoms with Crippen molar-refractivity contribution in [2.75, 3.05) is 4.72 Å². The highest BCUT2D eigenvalue weighted by Gasteiger charge is 2.17. The van der Waals surface area contributed by atoms with Crippen LogP contribution in [0, 0.1) is 5.82 Å². The zero-order chi connectivity index (χ0) is 14.0. The summed E-state index contributed by atoms with van der Waals surface area (Å²) >= 11 is 5.61. The van der Waals surface area contributed by atoms with E-state index in [-0.39, 0.29) is 15.6 Å². The smallest absolute Gasteiger partial charge is 0.261 e. The van der Waals surface area contributed by atoms with Gasteiger partial charge in [0.15, 0.2) is 5.82 Å². The monoisotopic (exact) mass is 301 g/mol. The van der Waals surface area contributed by atoms with Crippen LogP contribution < -0.4 is 4.72 Å². The summed E-state index contributed by atoms with van der Waals surface area (Å²) in [4.78, 5) is -0.00130. The molecule has 0 aromatic heterocycles. The van der Waals surface area contributed by atoms with Crippen LogP contribution in [0.1, 0.15) is 0 Å². The Bertz CT molecular complexity index is 704. The topological polar surface area (TPSA) is 66.4 Å². The first-order chi connectivity index (χ1) is 8.90. The first-order valence-corrected chi connectivity index (χ1v) is 7.02. The molecule has 2 N–H and O–H groups in total. The van der Waals surface area contributed by atoms with Gasteiger partial charge in [0.1, 0.15) is 5.75 Å². The first-order valence-electron chi connectivity index (χ1n) is 5.16. The molecule has 7 heteroatoms. The minimum absolute atomic E-state index is 0.00130. The van der Waals surface area contributed by atoms with Gasteiger partial charge in [-0.1, -0.05) is 29.8 Å². The maximum Gasteiger partial charge on any atom is 0.261 e. The molecule has 0 unspecified atom stereocenters. The fourth-order valence-electron chi connectivity index (χ4n) is 1.42. The standard InChI is InChI=1S/C12H9ClFNO3S/c13-9-6-11(10(14)7-12(9)16)15-19(17,18)8-4-2-1-3-5-8/h1-7,15-16H. The maximum atomic E-state index is 13.5. The number of hydrogen-bond donors (Lipinski definition) is 2. The predicted molar refractivity (Wildman–Crippen MR) is 70.3 cm³/mol. The van der Waals surface area contributed by atoms with Crippen molar-refractivity contribution in [2.24, 2.45) is 0 Å². The SMILES string of the molecule is O=S(=O)(Nc1cc(Cl)c(O)cc1F)c1ccccc1. The molecule has 0 atom stereocenters. The molecule has 0 fully saturated rings. The minimum atomic E-state index is -3.90. The molecule has 0 saturated carbocycles. The molecule has 2 rings (SSSR count). The number of hydrogen-bond acceptors (Lipinski definition) is 3. The lowest BCUT2D eigenvalue weighted by atomic mass is 10.3. The number of anilines is 1. The van der Waals surface area contributed by atoms with Crippen molar-refractivity contribution in [3.05, 3.63) is 53.3 Å². The van der Waals surface area contributed by atoms with Crippen molar-refractivity contribution < 1.29 is 17.9 Å². The van der Waals surface area contributed by atoms with Crippen LogP contribution in [0.2, 0.25) is 5.02 Å². The molecule has 0 radical (unpaired) electrons. The van der Waals surface area contributed by atoms with Crippen LogP contribution in [0.4, 0.5) is 10.1 Å². The van der Waals surface area contributed by atoms with Gasteiger partial charge in [-0.05, 0) is 18.2 Å². The number of phenols is 1. The number of aromatic hydroxyl groups is 1. The summed E-state index contributed by atoms with van der Waals surface area (Å²) in [6.45, 7) is 0. The average molecular weight is 302 g/mol. The zero-order valence-electron chi connectivity index (χ0n) is 9.47. The summed E-state index contributed by atoms with van der Waals surface area (Å²) in [6.07, 6.45) is 0. The highest BCUT2D eigenvalue weighted by molar-refractivity contribution is 7.92. The third-order valence-corrected chi connectivity index (χ3v) is 4.02. The Hall–Kier alpha value is -1.79. The fraction of sp³-hybridized carbons (Fsp3) is 0. The lowest BCUT2D eigenvalue weighted by Gasteiger charge is -2.09. The van der Waals surface area contributed by atoms with Crippen LogP contribution in [-0.2, 0) is 10.0 Å². The van der Waals surface area contributed by atoms with E-state index in [0.29, 0.717) is 0 Å². The number of benzene rings is 2. The molecule has 0 bridgehead atoms. The molecule has 0 aliphatic carbocycles. The molecule has 2 aromatic carbocycles. The molecule has 0 spiro atoms. The lowest BCUT2D eigenvalue weighted by molar-refractivity contribution is 0.470. The maximum absolute atomic E-state index is 13.5. The molecule has 0 saturated heterocycles. The van der Waals surface area contributed by atoms with Gasteiger partial charge in [-0.15, -0.1) is 0 Å². The summed E-state index contributed by atoms with van der Waals surface area (Å²) in [5.74, 6) is -1.37. The van der Waals surface area contributed by atoms with E-state index < -0.39 is 21.6 Å². The highest BCUT2D eigenvalue weighted by Crippen LogP contribution is 2.30. The van der Waals surface area contributed by atoms with Crippen molar-refractivity contribution >= 4 is 27.3 Å².